The number of aromatic nitrogens is 3. The molecule has 1 aromatic carbocycles. The summed E-state index contributed by atoms with van der Waals surface area (Å²) in [6.45, 7) is 0.594. The highest BCUT2D eigenvalue weighted by atomic mass is 16.4. The maximum atomic E-state index is 5.55. The van der Waals surface area contributed by atoms with E-state index in [4.69, 9.17) is 4.42 Å². The van der Waals surface area contributed by atoms with Gasteiger partial charge in [-0.3, -0.25) is 0 Å². The Kier molecular flexibility index (Phi) is 2.29. The van der Waals surface area contributed by atoms with Gasteiger partial charge in [0.15, 0.2) is 5.58 Å². The molecule has 0 bridgehead atoms. The molecule has 0 spiro atoms. The Labute approximate surface area is 98.1 Å². The molecule has 17 heavy (non-hydrogen) atoms. The minimum Gasteiger partial charge on any atom is -0.424 e. The van der Waals surface area contributed by atoms with Crippen molar-refractivity contribution < 1.29 is 4.42 Å². The van der Waals surface area contributed by atoms with Gasteiger partial charge in [0.2, 0.25) is 0 Å². The van der Waals surface area contributed by atoms with Crippen LogP contribution in [0.3, 0.4) is 0 Å². The van der Waals surface area contributed by atoms with Crippen LogP contribution in [-0.2, 0) is 13.6 Å². The fourth-order valence-electron chi connectivity index (χ4n) is 1.67. The van der Waals surface area contributed by atoms with Crippen LogP contribution in [0.2, 0.25) is 0 Å². The Bertz CT molecular complexity index is 608. The van der Waals surface area contributed by atoms with E-state index in [1.54, 1.807) is 6.20 Å². The number of nitrogens with zero attached hydrogens (tertiary/aromatic N) is 3. The van der Waals surface area contributed by atoms with Gasteiger partial charge >= 0.3 is 0 Å². The molecule has 5 nitrogen and oxygen atoms in total. The molecular weight excluding hydrogens is 216 g/mol. The number of imidazole rings is 1. The lowest BCUT2D eigenvalue weighted by molar-refractivity contribution is 0.611. The van der Waals surface area contributed by atoms with Crippen LogP contribution in [0.25, 0.3) is 11.1 Å². The average Bonchev–Trinajstić information content (AvgIpc) is 2.92. The van der Waals surface area contributed by atoms with Crippen LogP contribution in [0.1, 0.15) is 5.82 Å². The number of fused-ring (bicyclic) bond motifs is 1. The standard InChI is InChI=1S/C12H12N4O/c1-16-7-6-13-11(16)8-14-12-15-9-4-2-3-5-10(9)17-12/h2-7H,8H2,1H3,(H,14,15). The van der Waals surface area contributed by atoms with Gasteiger partial charge in [0, 0.05) is 19.4 Å². The summed E-state index contributed by atoms with van der Waals surface area (Å²) in [6.07, 6.45) is 3.67. The predicted molar refractivity (Wildman–Crippen MR) is 64.5 cm³/mol. The highest BCUT2D eigenvalue weighted by Gasteiger charge is 2.05. The molecule has 86 valence electrons. The van der Waals surface area contributed by atoms with Crippen molar-refractivity contribution in [2.45, 2.75) is 6.54 Å². The number of para-hydroxylation sites is 2. The molecule has 0 fully saturated rings. The Balaban J connectivity index is 1.79. The number of hydrogen-bond acceptors (Lipinski definition) is 4. The number of oxazole rings is 1. The van der Waals surface area contributed by atoms with E-state index in [1.165, 1.54) is 0 Å². The average molecular weight is 228 g/mol. The number of hydrogen-bond donors (Lipinski definition) is 1. The summed E-state index contributed by atoms with van der Waals surface area (Å²) in [4.78, 5) is 8.54. The SMILES string of the molecule is Cn1ccnc1CNc1nc2ccccc2o1. The fourth-order valence-corrected chi connectivity index (χ4v) is 1.67. The first-order valence-electron chi connectivity index (χ1n) is 5.38. The molecule has 5 heteroatoms. The third-order valence-electron chi connectivity index (χ3n) is 2.61. The third-order valence-corrected chi connectivity index (χ3v) is 2.61. The van der Waals surface area contributed by atoms with Gasteiger partial charge in [0.1, 0.15) is 11.3 Å². The Morgan fingerprint density at radius 2 is 2.24 bits per heavy atom. The van der Waals surface area contributed by atoms with Crippen molar-refractivity contribution in [2.75, 3.05) is 5.32 Å². The number of aryl methyl sites for hydroxylation is 1. The Morgan fingerprint density at radius 1 is 1.35 bits per heavy atom. The topological polar surface area (TPSA) is 55.9 Å². The summed E-state index contributed by atoms with van der Waals surface area (Å²) in [6, 6.07) is 8.21. The largest absolute Gasteiger partial charge is 0.424 e. The van der Waals surface area contributed by atoms with Crippen molar-refractivity contribution in [3.8, 4) is 0 Å². The second-order valence-corrected chi connectivity index (χ2v) is 3.79. The summed E-state index contributed by atoms with van der Waals surface area (Å²) in [7, 11) is 1.95. The summed E-state index contributed by atoms with van der Waals surface area (Å²) in [5, 5.41) is 3.12. The van der Waals surface area contributed by atoms with Gasteiger partial charge in [-0.05, 0) is 12.1 Å². The van der Waals surface area contributed by atoms with Crippen LogP contribution >= 0.6 is 0 Å². The van der Waals surface area contributed by atoms with Crippen LogP contribution in [0.15, 0.2) is 41.1 Å². The highest BCUT2D eigenvalue weighted by Crippen LogP contribution is 2.18. The van der Waals surface area contributed by atoms with Crippen molar-refractivity contribution in [3.63, 3.8) is 0 Å². The van der Waals surface area contributed by atoms with Gasteiger partial charge in [-0.2, -0.15) is 4.98 Å². The summed E-state index contributed by atoms with van der Waals surface area (Å²) >= 11 is 0. The molecular formula is C12H12N4O. The molecule has 2 heterocycles. The van der Waals surface area contributed by atoms with Crippen molar-refractivity contribution in [2.24, 2.45) is 7.05 Å². The number of anilines is 1. The fraction of sp³-hybridized carbons (Fsp3) is 0.167. The zero-order chi connectivity index (χ0) is 11.7. The minimum atomic E-state index is 0.522. The minimum absolute atomic E-state index is 0.522. The molecule has 1 N–H and O–H groups in total. The lowest BCUT2D eigenvalue weighted by atomic mass is 10.3. The van der Waals surface area contributed by atoms with E-state index in [-0.39, 0.29) is 0 Å². The molecule has 0 aliphatic rings. The normalized spacial score (nSPS) is 10.9. The lowest BCUT2D eigenvalue weighted by Crippen LogP contribution is -2.05. The van der Waals surface area contributed by atoms with Gasteiger partial charge in [-0.15, -0.1) is 0 Å². The summed E-state index contributed by atoms with van der Waals surface area (Å²) in [5.41, 5.74) is 1.64. The molecule has 2 aromatic heterocycles. The monoisotopic (exact) mass is 228 g/mol. The van der Waals surface area contributed by atoms with Crippen molar-refractivity contribution in [3.05, 3.63) is 42.5 Å². The molecule has 0 atom stereocenters. The first-order chi connectivity index (χ1) is 8.33. The Hall–Kier alpha value is -2.30. The molecule has 0 radical (unpaired) electrons. The van der Waals surface area contributed by atoms with Gasteiger partial charge < -0.3 is 14.3 Å². The number of rotatable bonds is 3. The van der Waals surface area contributed by atoms with Gasteiger partial charge in [0.25, 0.3) is 6.01 Å². The first-order valence-corrected chi connectivity index (χ1v) is 5.38. The second-order valence-electron chi connectivity index (χ2n) is 3.79. The van der Waals surface area contributed by atoms with E-state index in [2.05, 4.69) is 15.3 Å². The molecule has 0 saturated heterocycles. The van der Waals surface area contributed by atoms with Gasteiger partial charge in [0.05, 0.1) is 6.54 Å². The molecule has 3 aromatic rings. The first kappa shape index (κ1) is 9.89. The van der Waals surface area contributed by atoms with Crippen LogP contribution in [-0.4, -0.2) is 14.5 Å². The lowest BCUT2D eigenvalue weighted by Gasteiger charge is -2.01. The van der Waals surface area contributed by atoms with E-state index in [0.29, 0.717) is 12.6 Å². The van der Waals surface area contributed by atoms with Gasteiger partial charge in [-0.25, -0.2) is 4.98 Å². The number of nitrogens with one attached hydrogen (secondary N) is 1. The molecule has 0 aliphatic heterocycles. The van der Waals surface area contributed by atoms with Crippen molar-refractivity contribution in [1.29, 1.82) is 0 Å². The predicted octanol–water partition coefficient (Wildman–Crippen LogP) is 2.17. The zero-order valence-corrected chi connectivity index (χ0v) is 9.42. The van der Waals surface area contributed by atoms with E-state index >= 15 is 0 Å². The zero-order valence-electron chi connectivity index (χ0n) is 9.42. The maximum Gasteiger partial charge on any atom is 0.296 e. The van der Waals surface area contributed by atoms with Crippen molar-refractivity contribution >= 4 is 17.1 Å². The van der Waals surface area contributed by atoms with Crippen LogP contribution in [0.4, 0.5) is 6.01 Å². The molecule has 0 aliphatic carbocycles. The Morgan fingerprint density at radius 3 is 3.00 bits per heavy atom. The number of benzene rings is 1. The molecule has 0 amide bonds. The van der Waals surface area contributed by atoms with Gasteiger partial charge in [-0.1, -0.05) is 12.1 Å². The smallest absolute Gasteiger partial charge is 0.296 e. The maximum absolute atomic E-state index is 5.55. The summed E-state index contributed by atoms with van der Waals surface area (Å²) < 4.78 is 7.50. The summed E-state index contributed by atoms with van der Waals surface area (Å²) in [5.74, 6) is 0.937. The van der Waals surface area contributed by atoms with E-state index in [9.17, 15) is 0 Å². The molecule has 0 unspecified atom stereocenters. The molecule has 3 rings (SSSR count). The quantitative estimate of drug-likeness (QED) is 0.746. The van der Waals surface area contributed by atoms with Crippen LogP contribution < -0.4 is 5.32 Å². The van der Waals surface area contributed by atoms with Crippen molar-refractivity contribution in [1.82, 2.24) is 14.5 Å². The van der Waals surface area contributed by atoms with E-state index in [0.717, 1.165) is 16.9 Å². The van der Waals surface area contributed by atoms with E-state index < -0.39 is 0 Å². The second kappa shape index (κ2) is 3.93. The third kappa shape index (κ3) is 1.87. The van der Waals surface area contributed by atoms with Crippen LogP contribution in [0.5, 0.6) is 0 Å². The van der Waals surface area contributed by atoms with E-state index in [1.807, 2.05) is 42.1 Å². The molecule has 0 saturated carbocycles. The highest BCUT2D eigenvalue weighted by molar-refractivity contribution is 5.74. The van der Waals surface area contributed by atoms with Crippen LogP contribution in [0, 0.1) is 0 Å².